The zero-order valence-corrected chi connectivity index (χ0v) is 19.3. The quantitative estimate of drug-likeness (QED) is 0.388. The number of aromatic hydroxyl groups is 1. The van der Waals surface area contributed by atoms with Crippen LogP contribution in [0.5, 0.6) is 23.3 Å². The molecular weight excluding hydrogens is 468 g/mol. The Bertz CT molecular complexity index is 1190. The molecule has 0 aliphatic carbocycles. The van der Waals surface area contributed by atoms with Gasteiger partial charge in [0, 0.05) is 12.0 Å². The molecule has 2 aromatic rings. The van der Waals surface area contributed by atoms with Gasteiger partial charge in [0.2, 0.25) is 5.71 Å². The highest BCUT2D eigenvalue weighted by molar-refractivity contribution is 6.46. The summed E-state index contributed by atoms with van der Waals surface area (Å²) in [7, 11) is 0. The van der Waals surface area contributed by atoms with Crippen molar-refractivity contribution in [2.45, 2.75) is 33.1 Å². The lowest BCUT2D eigenvalue weighted by Crippen LogP contribution is -2.36. The van der Waals surface area contributed by atoms with Gasteiger partial charge < -0.3 is 19.3 Å². The fourth-order valence-electron chi connectivity index (χ4n) is 3.01. The number of alkyl carbamates (subject to hydrolysis) is 1. The average Bonchev–Trinajstić information content (AvgIpc) is 3.27. The normalized spacial score (nSPS) is 12.4. The monoisotopic (exact) mass is 488 g/mol. The highest BCUT2D eigenvalue weighted by Gasteiger charge is 2.26. The molecule has 1 aromatic carbocycles. The SMILES string of the molecule is CCOC(=O)NC(=O)/C(C#N)=N/Nc1cc(Cl)c(Oc2ncc(O)c(C(C)C)n2)c2c1OCC2. The summed E-state index contributed by atoms with van der Waals surface area (Å²) in [5.74, 6) is -0.518. The highest BCUT2D eigenvalue weighted by atomic mass is 35.5. The Morgan fingerprint density at radius 3 is 2.88 bits per heavy atom. The Morgan fingerprint density at radius 2 is 2.21 bits per heavy atom. The van der Waals surface area contributed by atoms with Gasteiger partial charge in [-0.25, -0.2) is 4.79 Å². The number of fused-ring (bicyclic) bond motifs is 1. The third kappa shape index (κ3) is 5.44. The number of nitrogens with zero attached hydrogens (tertiary/aromatic N) is 4. The number of hydrazone groups is 1. The number of imide groups is 1. The summed E-state index contributed by atoms with van der Waals surface area (Å²) in [5.41, 5.74) is 3.25. The summed E-state index contributed by atoms with van der Waals surface area (Å²) in [6, 6.07) is 3.03. The first-order chi connectivity index (χ1) is 16.2. The second kappa shape index (κ2) is 10.7. The van der Waals surface area contributed by atoms with E-state index in [-0.39, 0.29) is 40.7 Å². The second-order valence-corrected chi connectivity index (χ2v) is 7.59. The number of hydrogen-bond donors (Lipinski definition) is 3. The fourth-order valence-corrected chi connectivity index (χ4v) is 3.27. The van der Waals surface area contributed by atoms with E-state index in [4.69, 9.17) is 21.1 Å². The van der Waals surface area contributed by atoms with Gasteiger partial charge in [-0.2, -0.15) is 20.3 Å². The van der Waals surface area contributed by atoms with Crippen LogP contribution in [0.4, 0.5) is 10.5 Å². The molecule has 0 unspecified atom stereocenters. The van der Waals surface area contributed by atoms with Crippen molar-refractivity contribution < 1.29 is 28.9 Å². The molecule has 0 spiro atoms. The minimum Gasteiger partial charge on any atom is -0.504 e. The first-order valence-corrected chi connectivity index (χ1v) is 10.6. The molecule has 2 heterocycles. The molecule has 1 aromatic heterocycles. The third-order valence-corrected chi connectivity index (χ3v) is 4.78. The maximum Gasteiger partial charge on any atom is 0.414 e. The minimum atomic E-state index is -1.04. The van der Waals surface area contributed by atoms with Gasteiger partial charge in [-0.05, 0) is 18.9 Å². The zero-order chi connectivity index (χ0) is 24.8. The van der Waals surface area contributed by atoms with E-state index in [0.29, 0.717) is 30.0 Å². The van der Waals surface area contributed by atoms with Crippen LogP contribution in [0.25, 0.3) is 0 Å². The fraction of sp³-hybridized carbons (Fsp3) is 0.333. The van der Waals surface area contributed by atoms with Crippen molar-refractivity contribution in [2.24, 2.45) is 5.10 Å². The molecule has 1 aliphatic heterocycles. The summed E-state index contributed by atoms with van der Waals surface area (Å²) >= 11 is 6.43. The van der Waals surface area contributed by atoms with E-state index in [1.54, 1.807) is 13.0 Å². The van der Waals surface area contributed by atoms with Crippen LogP contribution in [-0.4, -0.2) is 46.0 Å². The third-order valence-electron chi connectivity index (χ3n) is 4.50. The molecule has 34 heavy (non-hydrogen) atoms. The number of benzene rings is 1. The molecule has 0 fully saturated rings. The molecule has 3 N–H and O–H groups in total. The van der Waals surface area contributed by atoms with Gasteiger partial charge >= 0.3 is 12.1 Å². The van der Waals surface area contributed by atoms with Crippen molar-refractivity contribution in [3.05, 3.63) is 28.5 Å². The Kier molecular flexibility index (Phi) is 7.70. The number of nitrogens with one attached hydrogen (secondary N) is 2. The smallest absolute Gasteiger partial charge is 0.414 e. The zero-order valence-electron chi connectivity index (χ0n) is 18.5. The molecule has 0 saturated heterocycles. The standard InChI is InChI=1S/C21H21ClN6O6/c1-4-32-21(31)26-19(30)14(8-23)28-27-13-7-12(22)17(11-5-6-33-18(11)13)34-20-24-9-15(29)16(25-20)10(2)3/h7,9-10,27,29H,4-6H2,1-3H3,(H,26,30,31)/b28-14+. The Morgan fingerprint density at radius 1 is 1.44 bits per heavy atom. The van der Waals surface area contributed by atoms with E-state index in [9.17, 15) is 20.0 Å². The van der Waals surface area contributed by atoms with Gasteiger partial charge in [0.1, 0.15) is 11.8 Å². The number of nitriles is 1. The van der Waals surface area contributed by atoms with Gasteiger partial charge in [-0.3, -0.25) is 15.5 Å². The Balaban J connectivity index is 1.87. The summed E-state index contributed by atoms with van der Waals surface area (Å²) < 4.78 is 16.1. The Hall–Kier alpha value is -4.11. The van der Waals surface area contributed by atoms with Crippen LogP contribution >= 0.6 is 11.6 Å². The summed E-state index contributed by atoms with van der Waals surface area (Å²) in [6.07, 6.45) is 0.700. The van der Waals surface area contributed by atoms with Crippen LogP contribution in [0.3, 0.4) is 0 Å². The number of carbonyl (C=O) groups is 2. The molecule has 0 atom stereocenters. The second-order valence-electron chi connectivity index (χ2n) is 7.18. The summed E-state index contributed by atoms with van der Waals surface area (Å²) in [5, 5.41) is 24.9. The molecule has 0 radical (unpaired) electrons. The predicted octanol–water partition coefficient (Wildman–Crippen LogP) is 3.25. The van der Waals surface area contributed by atoms with Crippen LogP contribution in [-0.2, 0) is 16.0 Å². The molecule has 178 valence electrons. The number of rotatable bonds is 7. The van der Waals surface area contributed by atoms with E-state index in [2.05, 4.69) is 25.2 Å². The average molecular weight is 489 g/mol. The van der Waals surface area contributed by atoms with Gasteiger partial charge in [0.05, 0.1) is 30.1 Å². The van der Waals surface area contributed by atoms with Gasteiger partial charge in [-0.1, -0.05) is 25.4 Å². The molecule has 12 nitrogen and oxygen atoms in total. The van der Waals surface area contributed by atoms with Crippen LogP contribution in [0.2, 0.25) is 5.02 Å². The maximum absolute atomic E-state index is 12.0. The maximum atomic E-state index is 12.0. The van der Waals surface area contributed by atoms with Crippen LogP contribution < -0.4 is 20.2 Å². The van der Waals surface area contributed by atoms with Crippen LogP contribution in [0.1, 0.15) is 37.9 Å². The number of carbonyl (C=O) groups excluding carboxylic acids is 2. The number of amides is 2. The predicted molar refractivity (Wildman–Crippen MR) is 120 cm³/mol. The highest BCUT2D eigenvalue weighted by Crippen LogP contribution is 2.46. The van der Waals surface area contributed by atoms with Crippen LogP contribution in [0, 0.1) is 11.3 Å². The van der Waals surface area contributed by atoms with E-state index in [1.165, 1.54) is 12.3 Å². The lowest BCUT2D eigenvalue weighted by atomic mass is 10.1. The number of ether oxygens (including phenoxy) is 3. The first-order valence-electron chi connectivity index (χ1n) is 10.2. The van der Waals surface area contributed by atoms with E-state index in [1.807, 2.05) is 19.2 Å². The topological polar surface area (TPSA) is 168 Å². The summed E-state index contributed by atoms with van der Waals surface area (Å²) in [6.45, 7) is 5.69. The molecule has 1 aliphatic rings. The molecule has 3 rings (SSSR count). The molecule has 0 bridgehead atoms. The number of halogens is 1. The van der Waals surface area contributed by atoms with Crippen molar-refractivity contribution in [2.75, 3.05) is 18.6 Å². The van der Waals surface area contributed by atoms with Crippen LogP contribution in [0.15, 0.2) is 17.4 Å². The minimum absolute atomic E-state index is 0.00127. The molecule has 2 amide bonds. The summed E-state index contributed by atoms with van der Waals surface area (Å²) in [4.78, 5) is 31.7. The molecular formula is C21H21ClN6O6. The van der Waals surface area contributed by atoms with Crippen molar-refractivity contribution in [3.8, 4) is 29.3 Å². The Labute approximate surface area is 199 Å². The van der Waals surface area contributed by atoms with E-state index in [0.717, 1.165) is 0 Å². The van der Waals surface area contributed by atoms with E-state index < -0.39 is 17.7 Å². The first kappa shape index (κ1) is 24.5. The van der Waals surface area contributed by atoms with Crippen molar-refractivity contribution in [1.29, 1.82) is 5.26 Å². The van der Waals surface area contributed by atoms with Gasteiger partial charge in [0.25, 0.3) is 5.91 Å². The van der Waals surface area contributed by atoms with Crippen molar-refractivity contribution >= 4 is 35.0 Å². The lowest BCUT2D eigenvalue weighted by Gasteiger charge is -2.14. The van der Waals surface area contributed by atoms with E-state index >= 15 is 0 Å². The number of anilines is 1. The number of aromatic nitrogens is 2. The van der Waals surface area contributed by atoms with Crippen molar-refractivity contribution in [1.82, 2.24) is 15.3 Å². The number of hydrogen-bond acceptors (Lipinski definition) is 11. The van der Waals surface area contributed by atoms with Gasteiger partial charge in [0.15, 0.2) is 17.2 Å². The van der Waals surface area contributed by atoms with Crippen molar-refractivity contribution in [3.63, 3.8) is 0 Å². The lowest BCUT2D eigenvalue weighted by molar-refractivity contribution is -0.114. The molecule has 13 heteroatoms. The van der Waals surface area contributed by atoms with Gasteiger partial charge in [-0.15, -0.1) is 0 Å². The largest absolute Gasteiger partial charge is 0.504 e. The molecule has 0 saturated carbocycles.